The predicted molar refractivity (Wildman–Crippen MR) is 144 cm³/mol. The summed E-state index contributed by atoms with van der Waals surface area (Å²) in [6.07, 6.45) is 9.06. The van der Waals surface area contributed by atoms with Crippen molar-refractivity contribution in [3.63, 3.8) is 0 Å². The van der Waals surface area contributed by atoms with Crippen LogP contribution in [-0.2, 0) is 23.2 Å². The molecule has 1 atom stereocenters. The van der Waals surface area contributed by atoms with Gasteiger partial charge in [0.2, 0.25) is 0 Å². The first-order chi connectivity index (χ1) is 16.4. The van der Waals surface area contributed by atoms with Gasteiger partial charge in [0.1, 0.15) is 0 Å². The Morgan fingerprint density at radius 1 is 0.800 bits per heavy atom. The van der Waals surface area contributed by atoms with Gasteiger partial charge in [-0.2, -0.15) is 46.7 Å². The first-order valence-corrected chi connectivity index (χ1v) is 14.7. The molecule has 0 aliphatic heterocycles. The van der Waals surface area contributed by atoms with Gasteiger partial charge in [-0.25, -0.2) is 12.1 Å². The number of hydrogen-bond donors (Lipinski definition) is 0. The Labute approximate surface area is 222 Å². The van der Waals surface area contributed by atoms with Crippen LogP contribution in [0, 0.1) is 0 Å². The third-order valence-corrected chi connectivity index (χ3v) is 11.3. The Balaban J connectivity index is 0.000000509. The van der Waals surface area contributed by atoms with Gasteiger partial charge >= 0.3 is 23.2 Å². The summed E-state index contributed by atoms with van der Waals surface area (Å²) in [4.78, 5) is 0. The normalized spacial score (nSPS) is 17.5. The third kappa shape index (κ3) is 7.55. The molecule has 2 aliphatic rings. The molecular weight excluding hydrogens is 523 g/mol. The fourth-order valence-corrected chi connectivity index (χ4v) is 10.1. The molecule has 6 heteroatoms. The standard InChI is InChI=1S/C24H30F3P2.C5H5.Fe/c25-24(26,27)18-13-11-17(12-14-18)23-21(28)15-16-22(23)29(19-7-3-1-4-8-19)20-9-5-2-6-10-20;1-2-4-5-3-1;/h11-16,19-20H,1-10,28H2;1-5H;/q2*-1;+2. The molecule has 0 heterocycles. The second-order valence-corrected chi connectivity index (χ2v) is 13.0. The minimum Gasteiger partial charge on any atom is -0.214 e. The summed E-state index contributed by atoms with van der Waals surface area (Å²) >= 11 is 0. The van der Waals surface area contributed by atoms with Gasteiger partial charge in [0.05, 0.1) is 5.56 Å². The van der Waals surface area contributed by atoms with E-state index in [1.807, 2.05) is 30.3 Å². The van der Waals surface area contributed by atoms with Crippen LogP contribution >= 0.6 is 17.2 Å². The van der Waals surface area contributed by atoms with Crippen LogP contribution < -0.4 is 10.6 Å². The van der Waals surface area contributed by atoms with Crippen molar-refractivity contribution in [1.29, 1.82) is 0 Å². The third-order valence-electron chi connectivity index (χ3n) is 7.24. The molecule has 0 saturated heterocycles. The van der Waals surface area contributed by atoms with Crippen LogP contribution in [0.1, 0.15) is 69.8 Å². The molecule has 2 aliphatic carbocycles. The maximum absolute atomic E-state index is 13.0. The summed E-state index contributed by atoms with van der Waals surface area (Å²) in [5.74, 6) is 0. The van der Waals surface area contributed by atoms with Crippen molar-refractivity contribution in [1.82, 2.24) is 0 Å². The monoisotopic (exact) mass is 558 g/mol. The van der Waals surface area contributed by atoms with Crippen molar-refractivity contribution in [2.75, 3.05) is 0 Å². The van der Waals surface area contributed by atoms with E-state index in [-0.39, 0.29) is 25.0 Å². The Morgan fingerprint density at radius 2 is 1.31 bits per heavy atom. The van der Waals surface area contributed by atoms with Crippen molar-refractivity contribution in [2.24, 2.45) is 0 Å². The number of rotatable bonds is 4. The number of hydrogen-bond acceptors (Lipinski definition) is 0. The zero-order chi connectivity index (χ0) is 24.0. The van der Waals surface area contributed by atoms with Crippen LogP contribution in [0.3, 0.4) is 0 Å². The first-order valence-electron chi connectivity index (χ1n) is 12.6. The smallest absolute Gasteiger partial charge is 0.214 e. The molecule has 0 N–H and O–H groups in total. The summed E-state index contributed by atoms with van der Waals surface area (Å²) in [7, 11) is 2.55. The van der Waals surface area contributed by atoms with Crippen LogP contribution in [-0.4, -0.2) is 11.3 Å². The van der Waals surface area contributed by atoms with Crippen LogP contribution in [0.15, 0.2) is 66.7 Å². The molecule has 5 rings (SSSR count). The maximum atomic E-state index is 13.0. The molecule has 0 spiro atoms. The molecule has 2 saturated carbocycles. The largest absolute Gasteiger partial charge is 2.00 e. The molecule has 0 nitrogen and oxygen atoms in total. The summed E-state index contributed by atoms with van der Waals surface area (Å²) < 4.78 is 39.1. The van der Waals surface area contributed by atoms with E-state index in [0.717, 1.165) is 22.2 Å². The van der Waals surface area contributed by atoms with E-state index in [1.54, 1.807) is 12.1 Å². The van der Waals surface area contributed by atoms with E-state index in [2.05, 4.69) is 21.4 Å². The molecule has 3 aromatic carbocycles. The molecule has 0 radical (unpaired) electrons. The Morgan fingerprint density at radius 3 is 1.74 bits per heavy atom. The zero-order valence-electron chi connectivity index (χ0n) is 20.1. The predicted octanol–water partition coefficient (Wildman–Crippen LogP) is 8.77. The van der Waals surface area contributed by atoms with E-state index in [9.17, 15) is 13.2 Å². The average Bonchev–Trinajstić information content (AvgIpc) is 3.55. The van der Waals surface area contributed by atoms with E-state index in [1.165, 1.54) is 87.2 Å². The summed E-state index contributed by atoms with van der Waals surface area (Å²) in [5.41, 5.74) is 3.11. The first kappa shape index (κ1) is 28.7. The fourth-order valence-electron chi connectivity index (χ4n) is 5.57. The molecule has 35 heavy (non-hydrogen) atoms. The fraction of sp³-hybridized carbons (Fsp3) is 0.448. The second kappa shape index (κ2) is 13.6. The summed E-state index contributed by atoms with van der Waals surface area (Å²) in [6, 6.07) is 20.3. The van der Waals surface area contributed by atoms with Gasteiger partial charge in [-0.05, 0) is 37.0 Å². The Bertz CT molecular complexity index is 945. The Kier molecular flexibility index (Phi) is 11.1. The van der Waals surface area contributed by atoms with Crippen molar-refractivity contribution >= 4 is 27.8 Å². The molecule has 190 valence electrons. The van der Waals surface area contributed by atoms with Gasteiger partial charge in [-0.1, -0.05) is 68.4 Å². The molecule has 0 aromatic heterocycles. The van der Waals surface area contributed by atoms with E-state index in [4.69, 9.17) is 0 Å². The zero-order valence-corrected chi connectivity index (χ0v) is 23.2. The van der Waals surface area contributed by atoms with E-state index < -0.39 is 11.7 Å². The molecule has 2 fully saturated rings. The topological polar surface area (TPSA) is 0 Å². The van der Waals surface area contributed by atoms with Crippen LogP contribution in [0.2, 0.25) is 0 Å². The van der Waals surface area contributed by atoms with Gasteiger partial charge in [0, 0.05) is 0 Å². The van der Waals surface area contributed by atoms with Gasteiger partial charge in [0.25, 0.3) is 0 Å². The van der Waals surface area contributed by atoms with Crippen LogP contribution in [0.4, 0.5) is 13.2 Å². The van der Waals surface area contributed by atoms with Gasteiger partial charge in [0.15, 0.2) is 0 Å². The summed E-state index contributed by atoms with van der Waals surface area (Å²) in [5, 5.41) is 2.57. The van der Waals surface area contributed by atoms with E-state index >= 15 is 0 Å². The minimum absolute atomic E-state index is 0. The van der Waals surface area contributed by atoms with Crippen LogP contribution in [0.25, 0.3) is 11.1 Å². The number of benzene rings is 1. The second-order valence-electron chi connectivity index (χ2n) is 9.58. The SMILES string of the molecule is FC(F)(F)c1ccc(-c2c(P(C3CCCCC3)C3CCCCC3)cc[c-]2P)cc1.[Fe+2].c1cc[cH-]c1. The van der Waals surface area contributed by atoms with Crippen molar-refractivity contribution in [3.05, 3.63) is 72.3 Å². The van der Waals surface area contributed by atoms with Crippen molar-refractivity contribution in [3.8, 4) is 11.1 Å². The van der Waals surface area contributed by atoms with Crippen molar-refractivity contribution in [2.45, 2.75) is 81.7 Å². The number of halogens is 3. The number of alkyl halides is 3. The van der Waals surface area contributed by atoms with Crippen molar-refractivity contribution < 1.29 is 30.2 Å². The maximum Gasteiger partial charge on any atom is 2.00 e. The average molecular weight is 558 g/mol. The molecule has 1 unspecified atom stereocenters. The van der Waals surface area contributed by atoms with Gasteiger partial charge in [-0.15, -0.1) is 30.2 Å². The molecule has 0 amide bonds. The summed E-state index contributed by atoms with van der Waals surface area (Å²) in [6.45, 7) is 0. The molecular formula is C29H35F3FeP2. The molecule has 0 bridgehead atoms. The van der Waals surface area contributed by atoms with E-state index in [0.29, 0.717) is 0 Å². The quantitative estimate of drug-likeness (QED) is 0.171. The van der Waals surface area contributed by atoms with Crippen LogP contribution in [0.5, 0.6) is 0 Å². The molecule has 3 aromatic rings. The Hall–Kier alpha value is -0.911. The van der Waals surface area contributed by atoms with Gasteiger partial charge < -0.3 is 0 Å². The minimum atomic E-state index is -4.28. The van der Waals surface area contributed by atoms with Gasteiger partial charge in [-0.3, -0.25) is 0 Å².